The molecule has 6 aromatic rings. The lowest BCUT2D eigenvalue weighted by molar-refractivity contribution is 1.70. The van der Waals surface area contributed by atoms with Crippen molar-refractivity contribution in [2.24, 2.45) is 0 Å². The summed E-state index contributed by atoms with van der Waals surface area (Å²) in [6, 6.07) is 49.8. The molecule has 1 aliphatic heterocycles. The third kappa shape index (κ3) is 2.46. The second-order valence-corrected chi connectivity index (χ2v) is 12.6. The molecule has 0 atom stereocenters. The molecule has 0 unspecified atom stereocenters. The molecule has 0 radical (unpaired) electrons. The molecular weight excluding hydrogens is 412 g/mol. The van der Waals surface area contributed by atoms with Crippen LogP contribution in [-0.4, -0.2) is 8.07 Å². The number of hydrogen-bond acceptors (Lipinski definition) is 0. The van der Waals surface area contributed by atoms with Crippen LogP contribution in [0.25, 0.3) is 32.7 Å². The second kappa shape index (κ2) is 7.03. The molecule has 0 aromatic heterocycles. The first-order valence-electron chi connectivity index (χ1n) is 11.5. The molecule has 0 saturated heterocycles. The van der Waals surface area contributed by atoms with E-state index in [1.807, 2.05) is 0 Å². The Bertz CT molecular complexity index is 1610. The Kier molecular flexibility index (Phi) is 3.96. The predicted octanol–water partition coefficient (Wildman–Crippen LogP) is 5.35. The van der Waals surface area contributed by atoms with E-state index >= 15 is 0 Å². The van der Waals surface area contributed by atoms with E-state index in [1.54, 1.807) is 0 Å². The summed E-state index contributed by atoms with van der Waals surface area (Å²) in [5.41, 5.74) is 2.79. The van der Waals surface area contributed by atoms with Crippen LogP contribution in [0.15, 0.2) is 133 Å². The van der Waals surface area contributed by atoms with E-state index in [-0.39, 0.29) is 0 Å². The molecule has 0 nitrogen and oxygen atoms in total. The Labute approximate surface area is 194 Å². The molecule has 0 bridgehead atoms. The summed E-state index contributed by atoms with van der Waals surface area (Å²) in [6.45, 7) is 0. The standard InChI is InChI=1S/C32H22Si/c1-3-12-25(13-4-1)33(26-14-5-2-6-15-26)30-18-10-9-17-28(30)29-22-21-24-20-19-23-11-7-8-16-27(23)31(24)32(29)33/h1-22H. The molecule has 0 amide bonds. The lowest BCUT2D eigenvalue weighted by Crippen LogP contribution is -2.73. The lowest BCUT2D eigenvalue weighted by atomic mass is 9.97. The van der Waals surface area contributed by atoms with Gasteiger partial charge in [0.05, 0.1) is 0 Å². The van der Waals surface area contributed by atoms with Gasteiger partial charge in [-0.2, -0.15) is 0 Å². The van der Waals surface area contributed by atoms with Crippen molar-refractivity contribution in [3.05, 3.63) is 133 Å². The number of rotatable bonds is 2. The molecule has 0 saturated carbocycles. The molecule has 0 aliphatic carbocycles. The first-order chi connectivity index (χ1) is 16.4. The first-order valence-corrected chi connectivity index (χ1v) is 13.5. The predicted molar refractivity (Wildman–Crippen MR) is 144 cm³/mol. The van der Waals surface area contributed by atoms with Crippen molar-refractivity contribution in [1.29, 1.82) is 0 Å². The third-order valence-corrected chi connectivity index (χ3v) is 12.2. The highest BCUT2D eigenvalue weighted by molar-refractivity contribution is 7.23. The van der Waals surface area contributed by atoms with Gasteiger partial charge in [-0.15, -0.1) is 0 Å². The molecule has 154 valence electrons. The number of hydrogen-bond donors (Lipinski definition) is 0. The van der Waals surface area contributed by atoms with Gasteiger partial charge in [0.2, 0.25) is 0 Å². The third-order valence-electron chi connectivity index (χ3n) is 7.32. The van der Waals surface area contributed by atoms with Crippen LogP contribution in [0.5, 0.6) is 0 Å². The van der Waals surface area contributed by atoms with Gasteiger partial charge in [0, 0.05) is 0 Å². The lowest BCUT2D eigenvalue weighted by Gasteiger charge is -2.32. The Morgan fingerprint density at radius 2 is 0.970 bits per heavy atom. The van der Waals surface area contributed by atoms with Crippen molar-refractivity contribution >= 4 is 50.4 Å². The quantitative estimate of drug-likeness (QED) is 0.254. The maximum absolute atomic E-state index is 2.51. The van der Waals surface area contributed by atoms with Crippen molar-refractivity contribution in [3.8, 4) is 11.1 Å². The fourth-order valence-corrected chi connectivity index (χ4v) is 11.5. The fourth-order valence-electron chi connectivity index (χ4n) is 6.03. The first kappa shape index (κ1) is 18.6. The van der Waals surface area contributed by atoms with Crippen LogP contribution in [0.1, 0.15) is 0 Å². The molecule has 1 aliphatic rings. The summed E-state index contributed by atoms with van der Waals surface area (Å²) < 4.78 is 0. The van der Waals surface area contributed by atoms with Crippen molar-refractivity contribution in [3.63, 3.8) is 0 Å². The van der Waals surface area contributed by atoms with E-state index in [0.29, 0.717) is 0 Å². The Balaban J connectivity index is 1.78. The summed E-state index contributed by atoms with van der Waals surface area (Å²) >= 11 is 0. The largest absolute Gasteiger partial charge is 0.181 e. The zero-order chi connectivity index (χ0) is 21.8. The molecule has 33 heavy (non-hydrogen) atoms. The maximum Gasteiger partial charge on any atom is 0.181 e. The Morgan fingerprint density at radius 3 is 1.73 bits per heavy atom. The summed E-state index contributed by atoms with van der Waals surface area (Å²) in [4.78, 5) is 0. The van der Waals surface area contributed by atoms with Crippen molar-refractivity contribution in [2.75, 3.05) is 0 Å². The van der Waals surface area contributed by atoms with Gasteiger partial charge in [-0.3, -0.25) is 0 Å². The molecule has 1 heteroatoms. The molecule has 6 aromatic carbocycles. The van der Waals surface area contributed by atoms with E-state index < -0.39 is 8.07 Å². The van der Waals surface area contributed by atoms with Crippen LogP contribution >= 0.6 is 0 Å². The maximum atomic E-state index is 2.39. The van der Waals surface area contributed by atoms with Gasteiger partial charge in [0.15, 0.2) is 8.07 Å². The van der Waals surface area contributed by atoms with Gasteiger partial charge in [0.25, 0.3) is 0 Å². The molecule has 0 spiro atoms. The average molecular weight is 435 g/mol. The Morgan fingerprint density at radius 1 is 0.394 bits per heavy atom. The summed E-state index contributed by atoms with van der Waals surface area (Å²) in [6.07, 6.45) is 0. The normalized spacial score (nSPS) is 13.7. The van der Waals surface area contributed by atoms with Gasteiger partial charge in [-0.25, -0.2) is 0 Å². The van der Waals surface area contributed by atoms with E-state index in [1.165, 1.54) is 53.4 Å². The van der Waals surface area contributed by atoms with Crippen LogP contribution < -0.4 is 20.7 Å². The van der Waals surface area contributed by atoms with Crippen LogP contribution in [0.4, 0.5) is 0 Å². The summed E-state index contributed by atoms with van der Waals surface area (Å²) in [5, 5.41) is 11.3. The van der Waals surface area contributed by atoms with E-state index in [2.05, 4.69) is 133 Å². The zero-order valence-corrected chi connectivity index (χ0v) is 19.2. The molecule has 0 N–H and O–H groups in total. The summed E-state index contributed by atoms with van der Waals surface area (Å²) in [5.74, 6) is 0. The van der Waals surface area contributed by atoms with E-state index in [4.69, 9.17) is 0 Å². The molecule has 1 heterocycles. The number of fused-ring (bicyclic) bond motifs is 7. The minimum atomic E-state index is -2.51. The molecule has 7 rings (SSSR count). The topological polar surface area (TPSA) is 0 Å². The van der Waals surface area contributed by atoms with E-state index in [9.17, 15) is 0 Å². The fraction of sp³-hybridized carbons (Fsp3) is 0. The van der Waals surface area contributed by atoms with Crippen LogP contribution in [0.3, 0.4) is 0 Å². The van der Waals surface area contributed by atoms with Crippen LogP contribution in [0.2, 0.25) is 0 Å². The van der Waals surface area contributed by atoms with Crippen molar-refractivity contribution in [2.45, 2.75) is 0 Å². The minimum Gasteiger partial charge on any atom is -0.0623 e. The van der Waals surface area contributed by atoms with Gasteiger partial charge in [-0.1, -0.05) is 133 Å². The highest BCUT2D eigenvalue weighted by atomic mass is 28.3. The monoisotopic (exact) mass is 434 g/mol. The van der Waals surface area contributed by atoms with Crippen LogP contribution in [0, 0.1) is 0 Å². The summed E-state index contributed by atoms with van der Waals surface area (Å²) in [7, 11) is -2.51. The number of benzene rings is 6. The van der Waals surface area contributed by atoms with Crippen molar-refractivity contribution in [1.82, 2.24) is 0 Å². The second-order valence-electron chi connectivity index (χ2n) is 8.90. The average Bonchev–Trinajstić information content (AvgIpc) is 3.21. The minimum absolute atomic E-state index is 1.30. The van der Waals surface area contributed by atoms with Gasteiger partial charge in [0.1, 0.15) is 0 Å². The van der Waals surface area contributed by atoms with Crippen molar-refractivity contribution < 1.29 is 0 Å². The smallest absolute Gasteiger partial charge is 0.0623 e. The van der Waals surface area contributed by atoms with Gasteiger partial charge >= 0.3 is 0 Å². The Hall–Kier alpha value is -3.94. The molecular formula is C32H22Si. The van der Waals surface area contributed by atoms with Gasteiger partial charge in [-0.05, 0) is 53.4 Å². The SMILES string of the molecule is c1ccc([Si]2(c3ccccc3)c3ccccc3-c3ccc4ccc5ccccc5c4c32)cc1. The van der Waals surface area contributed by atoms with Crippen LogP contribution in [-0.2, 0) is 0 Å². The van der Waals surface area contributed by atoms with E-state index in [0.717, 1.165) is 0 Å². The highest BCUT2D eigenvalue weighted by Crippen LogP contribution is 2.35. The zero-order valence-electron chi connectivity index (χ0n) is 18.2. The highest BCUT2D eigenvalue weighted by Gasteiger charge is 2.49. The molecule has 0 fully saturated rings. The van der Waals surface area contributed by atoms with Gasteiger partial charge < -0.3 is 0 Å².